The van der Waals surface area contributed by atoms with Crippen LogP contribution in [-0.2, 0) is 0 Å². The second kappa shape index (κ2) is 11.6. The topological polar surface area (TPSA) is 12.9 Å². The Balaban J connectivity index is 0. The van der Waals surface area contributed by atoms with Gasteiger partial charge in [-0.1, -0.05) is 53.0 Å². The van der Waals surface area contributed by atoms with Gasteiger partial charge in [-0.25, -0.2) is 0 Å². The summed E-state index contributed by atoms with van der Waals surface area (Å²) in [7, 11) is 0. The van der Waals surface area contributed by atoms with E-state index in [9.17, 15) is 0 Å². The van der Waals surface area contributed by atoms with Crippen LogP contribution in [0.4, 0.5) is 0 Å². The summed E-state index contributed by atoms with van der Waals surface area (Å²) in [6.45, 7) is 15.3. The monoisotopic (exact) mass is 191 g/mol. The third-order valence-electron chi connectivity index (χ3n) is 1.33. The maximum absolute atomic E-state index is 3.95. The van der Waals surface area contributed by atoms with Crippen LogP contribution in [0.3, 0.4) is 0 Å². The van der Waals surface area contributed by atoms with Gasteiger partial charge in [0.25, 0.3) is 0 Å². The van der Waals surface area contributed by atoms with Crippen molar-refractivity contribution in [2.45, 2.75) is 27.7 Å². The Morgan fingerprint density at radius 3 is 1.86 bits per heavy atom. The molecule has 0 aliphatic heterocycles. The molecule has 0 saturated carbocycles. The standard InChI is InChI=1S/C9H9N.2C2H6/c1-3-8-5-6-10-7-9(8)4-2;2*1-2/h3-7H,1-2H2;2*1-2H3. The summed E-state index contributed by atoms with van der Waals surface area (Å²) >= 11 is 0. The van der Waals surface area contributed by atoms with Crippen molar-refractivity contribution in [3.8, 4) is 0 Å². The number of hydrogen-bond acceptors (Lipinski definition) is 1. The van der Waals surface area contributed by atoms with Crippen molar-refractivity contribution in [1.82, 2.24) is 4.98 Å². The molecule has 0 radical (unpaired) electrons. The second-order valence-electron chi connectivity index (χ2n) is 1.91. The molecule has 0 N–H and O–H groups in total. The van der Waals surface area contributed by atoms with Gasteiger partial charge >= 0.3 is 0 Å². The highest BCUT2D eigenvalue weighted by Crippen LogP contribution is 2.08. The first-order valence-electron chi connectivity index (χ1n) is 5.07. The highest BCUT2D eigenvalue weighted by molar-refractivity contribution is 5.62. The highest BCUT2D eigenvalue weighted by atomic mass is 14.6. The molecule has 14 heavy (non-hydrogen) atoms. The SMILES string of the molecule is C=Cc1ccncc1C=C.CC.CC. The van der Waals surface area contributed by atoms with E-state index in [4.69, 9.17) is 0 Å². The van der Waals surface area contributed by atoms with Gasteiger partial charge in [0.2, 0.25) is 0 Å². The quantitative estimate of drug-likeness (QED) is 0.674. The van der Waals surface area contributed by atoms with Crippen LogP contribution in [0.15, 0.2) is 31.6 Å². The van der Waals surface area contributed by atoms with Crippen molar-refractivity contribution in [3.63, 3.8) is 0 Å². The van der Waals surface area contributed by atoms with Gasteiger partial charge in [0.1, 0.15) is 0 Å². The summed E-state index contributed by atoms with van der Waals surface area (Å²) in [5.41, 5.74) is 2.10. The number of nitrogens with zero attached hydrogens (tertiary/aromatic N) is 1. The van der Waals surface area contributed by atoms with Gasteiger partial charge in [0, 0.05) is 12.4 Å². The molecule has 0 aromatic carbocycles. The fourth-order valence-corrected chi connectivity index (χ4v) is 0.774. The lowest BCUT2D eigenvalue weighted by atomic mass is 10.1. The molecule has 78 valence electrons. The molecule has 0 aliphatic carbocycles. The lowest BCUT2D eigenvalue weighted by Gasteiger charge is -1.95. The van der Waals surface area contributed by atoms with Gasteiger partial charge in [-0.05, 0) is 17.2 Å². The normalized spacial score (nSPS) is 7.14. The summed E-state index contributed by atoms with van der Waals surface area (Å²) < 4.78 is 0. The summed E-state index contributed by atoms with van der Waals surface area (Å²) in [5, 5.41) is 0. The van der Waals surface area contributed by atoms with Crippen molar-refractivity contribution < 1.29 is 0 Å². The Morgan fingerprint density at radius 2 is 1.50 bits per heavy atom. The summed E-state index contributed by atoms with van der Waals surface area (Å²) in [6.07, 6.45) is 7.07. The Bertz CT molecular complexity index is 224. The highest BCUT2D eigenvalue weighted by Gasteiger charge is 1.90. The fraction of sp³-hybridized carbons (Fsp3) is 0.308. The molecule has 0 spiro atoms. The van der Waals surface area contributed by atoms with Gasteiger partial charge in [-0.15, -0.1) is 0 Å². The average molecular weight is 191 g/mol. The molecule has 1 heterocycles. The Morgan fingerprint density at radius 1 is 1.00 bits per heavy atom. The minimum absolute atomic E-state index is 1.03. The third kappa shape index (κ3) is 5.31. The molecule has 0 atom stereocenters. The van der Waals surface area contributed by atoms with Crippen LogP contribution < -0.4 is 0 Å². The minimum atomic E-state index is 1.03. The maximum atomic E-state index is 3.95. The van der Waals surface area contributed by atoms with Gasteiger partial charge in [0.05, 0.1) is 0 Å². The van der Waals surface area contributed by atoms with E-state index in [2.05, 4.69) is 18.1 Å². The number of hydrogen-bond donors (Lipinski definition) is 0. The zero-order chi connectivity index (χ0) is 11.4. The Labute approximate surface area is 88.2 Å². The van der Waals surface area contributed by atoms with E-state index in [0.717, 1.165) is 11.1 Å². The van der Waals surface area contributed by atoms with E-state index in [1.54, 1.807) is 24.5 Å². The van der Waals surface area contributed by atoms with Crippen LogP contribution in [0.1, 0.15) is 38.8 Å². The van der Waals surface area contributed by atoms with Crippen molar-refractivity contribution in [1.29, 1.82) is 0 Å². The molecule has 1 nitrogen and oxygen atoms in total. The van der Waals surface area contributed by atoms with Crippen LogP contribution in [0.5, 0.6) is 0 Å². The van der Waals surface area contributed by atoms with Crippen molar-refractivity contribution >= 4 is 12.2 Å². The van der Waals surface area contributed by atoms with Gasteiger partial charge in [-0.3, -0.25) is 4.98 Å². The minimum Gasteiger partial charge on any atom is -0.264 e. The molecule has 1 rings (SSSR count). The first-order valence-corrected chi connectivity index (χ1v) is 5.07. The Hall–Kier alpha value is -1.37. The molecule has 1 aromatic heterocycles. The first kappa shape index (κ1) is 15.1. The molecule has 1 aromatic rings. The van der Waals surface area contributed by atoms with Crippen LogP contribution in [0, 0.1) is 0 Å². The largest absolute Gasteiger partial charge is 0.264 e. The van der Waals surface area contributed by atoms with E-state index in [1.807, 2.05) is 33.8 Å². The zero-order valence-corrected chi connectivity index (χ0v) is 9.75. The van der Waals surface area contributed by atoms with Crippen LogP contribution in [0.25, 0.3) is 12.2 Å². The first-order chi connectivity index (χ1) is 6.88. The summed E-state index contributed by atoms with van der Waals surface area (Å²) in [4.78, 5) is 3.95. The van der Waals surface area contributed by atoms with Crippen LogP contribution in [-0.4, -0.2) is 4.98 Å². The molecule has 0 bridgehead atoms. The number of rotatable bonds is 2. The van der Waals surface area contributed by atoms with Crippen molar-refractivity contribution in [3.05, 3.63) is 42.7 Å². The molecule has 0 aliphatic rings. The summed E-state index contributed by atoms with van der Waals surface area (Å²) in [5.74, 6) is 0. The lowest BCUT2D eigenvalue weighted by molar-refractivity contribution is 1.31. The molecular weight excluding hydrogens is 170 g/mol. The molecular formula is C13H21N. The van der Waals surface area contributed by atoms with Gasteiger partial charge in [-0.2, -0.15) is 0 Å². The van der Waals surface area contributed by atoms with Crippen molar-refractivity contribution in [2.75, 3.05) is 0 Å². The predicted octanol–water partition coefficient (Wildman–Crippen LogP) is 4.42. The molecule has 0 fully saturated rings. The molecule has 0 saturated heterocycles. The van der Waals surface area contributed by atoms with E-state index in [0.29, 0.717) is 0 Å². The van der Waals surface area contributed by atoms with E-state index in [-0.39, 0.29) is 0 Å². The van der Waals surface area contributed by atoms with Crippen LogP contribution in [0.2, 0.25) is 0 Å². The third-order valence-corrected chi connectivity index (χ3v) is 1.33. The van der Waals surface area contributed by atoms with Crippen LogP contribution >= 0.6 is 0 Å². The van der Waals surface area contributed by atoms with E-state index < -0.39 is 0 Å². The smallest absolute Gasteiger partial charge is 0.0346 e. The van der Waals surface area contributed by atoms with Crippen molar-refractivity contribution in [2.24, 2.45) is 0 Å². The maximum Gasteiger partial charge on any atom is 0.0346 e. The number of pyridine rings is 1. The lowest BCUT2D eigenvalue weighted by Crippen LogP contribution is -1.79. The number of aromatic nitrogens is 1. The van der Waals surface area contributed by atoms with Gasteiger partial charge < -0.3 is 0 Å². The average Bonchev–Trinajstić information content (AvgIpc) is 2.34. The molecule has 1 heteroatoms. The summed E-state index contributed by atoms with van der Waals surface area (Å²) in [6, 6.07) is 1.91. The molecule has 0 unspecified atom stereocenters. The Kier molecular flexibility index (Phi) is 12.6. The van der Waals surface area contributed by atoms with Gasteiger partial charge in [0.15, 0.2) is 0 Å². The second-order valence-corrected chi connectivity index (χ2v) is 1.91. The van der Waals surface area contributed by atoms with E-state index in [1.165, 1.54) is 0 Å². The zero-order valence-electron chi connectivity index (χ0n) is 9.75. The molecule has 0 amide bonds. The predicted molar refractivity (Wildman–Crippen MR) is 67.1 cm³/mol. The fourth-order valence-electron chi connectivity index (χ4n) is 0.774. The van der Waals surface area contributed by atoms with E-state index >= 15 is 0 Å².